The summed E-state index contributed by atoms with van der Waals surface area (Å²) >= 11 is 0. The van der Waals surface area contributed by atoms with Gasteiger partial charge in [-0.3, -0.25) is 4.79 Å². The quantitative estimate of drug-likeness (QED) is 0.895. The fourth-order valence-corrected chi connectivity index (χ4v) is 2.93. The first-order valence-corrected chi connectivity index (χ1v) is 7.95. The van der Waals surface area contributed by atoms with Gasteiger partial charge in [0.05, 0.1) is 6.04 Å². The molecule has 1 aromatic heterocycles. The molecule has 0 aromatic carbocycles. The molecule has 0 spiro atoms. The van der Waals surface area contributed by atoms with Crippen molar-refractivity contribution < 1.29 is 4.79 Å². The maximum Gasteiger partial charge on any atom is 0.223 e. The number of carbonyl (C=O) groups excluding carboxylic acids is 1. The number of aromatic nitrogens is 3. The maximum absolute atomic E-state index is 12.4. The number of piperidine rings is 1. The largest absolute Gasteiger partial charge is 0.346 e. The van der Waals surface area contributed by atoms with Crippen LogP contribution in [0.15, 0.2) is 6.33 Å². The average molecular weight is 293 g/mol. The summed E-state index contributed by atoms with van der Waals surface area (Å²) in [6.45, 7) is 11.2. The van der Waals surface area contributed by atoms with Crippen molar-refractivity contribution in [3.63, 3.8) is 0 Å². The molecule has 2 rings (SSSR count). The number of likely N-dealkylation sites (tertiary alicyclic amines) is 1. The number of amides is 1. The van der Waals surface area contributed by atoms with E-state index in [2.05, 4.69) is 34.1 Å². The highest BCUT2D eigenvalue weighted by atomic mass is 16.2. The van der Waals surface area contributed by atoms with Crippen LogP contribution >= 0.6 is 0 Å². The molecular weight excluding hydrogens is 266 g/mol. The molecule has 1 saturated heterocycles. The fourth-order valence-electron chi connectivity index (χ4n) is 2.93. The van der Waals surface area contributed by atoms with Crippen molar-refractivity contribution in [2.75, 3.05) is 13.1 Å². The molecule has 2 heterocycles. The van der Waals surface area contributed by atoms with E-state index in [9.17, 15) is 4.79 Å². The maximum atomic E-state index is 12.4. The van der Waals surface area contributed by atoms with Crippen molar-refractivity contribution in [1.82, 2.24) is 25.0 Å². The second kappa shape index (κ2) is 7.02. The fraction of sp³-hybridized carbons (Fsp3) is 0.800. The van der Waals surface area contributed by atoms with Gasteiger partial charge in [-0.05, 0) is 53.6 Å². The Morgan fingerprint density at radius 1 is 1.38 bits per heavy atom. The van der Waals surface area contributed by atoms with E-state index >= 15 is 0 Å². The summed E-state index contributed by atoms with van der Waals surface area (Å²) in [5, 5.41) is 7.24. The molecule has 0 unspecified atom stereocenters. The molecule has 6 heteroatoms. The molecule has 1 N–H and O–H groups in total. The molecule has 0 radical (unpaired) electrons. The molecule has 1 aliphatic heterocycles. The Morgan fingerprint density at radius 3 is 2.62 bits per heavy atom. The normalized spacial score (nSPS) is 18.9. The Balaban J connectivity index is 1.87. The Bertz CT molecular complexity index is 462. The molecule has 6 nitrogen and oxygen atoms in total. The molecule has 1 amide bonds. The first-order valence-electron chi connectivity index (χ1n) is 7.95. The lowest BCUT2D eigenvalue weighted by Gasteiger charge is -2.34. The van der Waals surface area contributed by atoms with E-state index in [0.29, 0.717) is 6.04 Å². The summed E-state index contributed by atoms with van der Waals surface area (Å²) in [5.74, 6) is 1.10. The SMILES string of the molecule is CCn1ncnc1[C@@H](C)NC(=O)C1CCN(C(C)C)CC1. The van der Waals surface area contributed by atoms with Crippen LogP contribution in [0.4, 0.5) is 0 Å². The van der Waals surface area contributed by atoms with Gasteiger partial charge >= 0.3 is 0 Å². The first kappa shape index (κ1) is 15.9. The second-order valence-electron chi connectivity index (χ2n) is 6.07. The lowest BCUT2D eigenvalue weighted by Crippen LogP contribution is -2.43. The number of hydrogen-bond acceptors (Lipinski definition) is 4. The molecule has 0 aliphatic carbocycles. The summed E-state index contributed by atoms with van der Waals surface area (Å²) in [6, 6.07) is 0.471. The number of aryl methyl sites for hydroxylation is 1. The van der Waals surface area contributed by atoms with Crippen LogP contribution in [0.25, 0.3) is 0 Å². The third kappa shape index (κ3) is 3.81. The van der Waals surface area contributed by atoms with Crippen molar-refractivity contribution in [3.05, 3.63) is 12.2 Å². The monoisotopic (exact) mass is 293 g/mol. The Kier molecular flexibility index (Phi) is 5.33. The van der Waals surface area contributed by atoms with Gasteiger partial charge in [-0.25, -0.2) is 9.67 Å². The molecule has 21 heavy (non-hydrogen) atoms. The van der Waals surface area contributed by atoms with Crippen LogP contribution in [0, 0.1) is 5.92 Å². The molecule has 1 atom stereocenters. The number of carbonyl (C=O) groups is 1. The molecular formula is C15H27N5O. The zero-order valence-electron chi connectivity index (χ0n) is 13.5. The van der Waals surface area contributed by atoms with E-state index in [1.807, 2.05) is 18.5 Å². The van der Waals surface area contributed by atoms with Crippen molar-refractivity contribution in [2.45, 2.75) is 59.2 Å². The molecule has 0 bridgehead atoms. The zero-order valence-corrected chi connectivity index (χ0v) is 13.5. The van der Waals surface area contributed by atoms with Gasteiger partial charge in [0.25, 0.3) is 0 Å². The molecule has 0 saturated carbocycles. The third-order valence-electron chi connectivity index (χ3n) is 4.32. The standard InChI is InChI=1S/C15H27N5O/c1-5-20-14(16-10-17-20)12(4)18-15(21)13-6-8-19(9-7-13)11(2)3/h10-13H,5-9H2,1-4H3,(H,18,21)/t12-/m1/s1. The van der Waals surface area contributed by atoms with Crippen molar-refractivity contribution in [3.8, 4) is 0 Å². The van der Waals surface area contributed by atoms with Crippen LogP contribution in [0.2, 0.25) is 0 Å². The van der Waals surface area contributed by atoms with Gasteiger partial charge in [0.15, 0.2) is 0 Å². The number of nitrogens with one attached hydrogen (secondary N) is 1. The smallest absolute Gasteiger partial charge is 0.223 e. The first-order chi connectivity index (χ1) is 10.0. The molecule has 118 valence electrons. The topological polar surface area (TPSA) is 63.1 Å². The van der Waals surface area contributed by atoms with E-state index in [1.54, 1.807) is 6.33 Å². The zero-order chi connectivity index (χ0) is 15.4. The van der Waals surface area contributed by atoms with Crippen LogP contribution < -0.4 is 5.32 Å². The Hall–Kier alpha value is -1.43. The van der Waals surface area contributed by atoms with Crippen LogP contribution in [0.5, 0.6) is 0 Å². The van der Waals surface area contributed by atoms with Crippen LogP contribution in [-0.2, 0) is 11.3 Å². The van der Waals surface area contributed by atoms with Crippen LogP contribution in [0.1, 0.15) is 52.4 Å². The van der Waals surface area contributed by atoms with E-state index in [0.717, 1.165) is 38.3 Å². The number of nitrogens with zero attached hydrogens (tertiary/aromatic N) is 4. The van der Waals surface area contributed by atoms with Gasteiger partial charge < -0.3 is 10.2 Å². The highest BCUT2D eigenvalue weighted by Gasteiger charge is 2.27. The molecule has 1 aromatic rings. The highest BCUT2D eigenvalue weighted by Crippen LogP contribution is 2.20. The van der Waals surface area contributed by atoms with E-state index in [4.69, 9.17) is 0 Å². The minimum Gasteiger partial charge on any atom is -0.346 e. The summed E-state index contributed by atoms with van der Waals surface area (Å²) < 4.78 is 1.83. The summed E-state index contributed by atoms with van der Waals surface area (Å²) in [6.07, 6.45) is 3.43. The van der Waals surface area contributed by atoms with E-state index < -0.39 is 0 Å². The number of rotatable bonds is 5. The van der Waals surface area contributed by atoms with E-state index in [1.165, 1.54) is 0 Å². The van der Waals surface area contributed by atoms with Gasteiger partial charge in [0, 0.05) is 18.5 Å². The van der Waals surface area contributed by atoms with Gasteiger partial charge in [0.1, 0.15) is 12.2 Å². The Labute approximate surface area is 126 Å². The predicted octanol–water partition coefficient (Wildman–Crippen LogP) is 1.60. The summed E-state index contributed by atoms with van der Waals surface area (Å²) in [7, 11) is 0. The van der Waals surface area contributed by atoms with Gasteiger partial charge in [-0.2, -0.15) is 5.10 Å². The lowest BCUT2D eigenvalue weighted by molar-refractivity contribution is -0.127. The highest BCUT2D eigenvalue weighted by molar-refractivity contribution is 5.79. The second-order valence-corrected chi connectivity index (χ2v) is 6.07. The van der Waals surface area contributed by atoms with Crippen LogP contribution in [0.3, 0.4) is 0 Å². The van der Waals surface area contributed by atoms with Gasteiger partial charge in [-0.15, -0.1) is 0 Å². The minimum absolute atomic E-state index is 0.0944. The third-order valence-corrected chi connectivity index (χ3v) is 4.32. The molecule has 1 fully saturated rings. The summed E-state index contributed by atoms with van der Waals surface area (Å²) in [5.41, 5.74) is 0. The Morgan fingerprint density at radius 2 is 2.05 bits per heavy atom. The lowest BCUT2D eigenvalue weighted by atomic mass is 9.95. The van der Waals surface area contributed by atoms with Crippen molar-refractivity contribution in [1.29, 1.82) is 0 Å². The molecule has 1 aliphatic rings. The van der Waals surface area contributed by atoms with Crippen LogP contribution in [-0.4, -0.2) is 44.7 Å². The minimum atomic E-state index is -0.0944. The van der Waals surface area contributed by atoms with Crippen molar-refractivity contribution in [2.24, 2.45) is 5.92 Å². The average Bonchev–Trinajstić information content (AvgIpc) is 2.95. The van der Waals surface area contributed by atoms with Gasteiger partial charge in [-0.1, -0.05) is 0 Å². The number of hydrogen-bond donors (Lipinski definition) is 1. The summed E-state index contributed by atoms with van der Waals surface area (Å²) in [4.78, 5) is 19.1. The predicted molar refractivity (Wildman–Crippen MR) is 81.7 cm³/mol. The van der Waals surface area contributed by atoms with Crippen molar-refractivity contribution >= 4 is 5.91 Å². The van der Waals surface area contributed by atoms with E-state index in [-0.39, 0.29) is 17.9 Å². The van der Waals surface area contributed by atoms with Gasteiger partial charge in [0.2, 0.25) is 5.91 Å².